The van der Waals surface area contributed by atoms with Crippen molar-refractivity contribution in [1.29, 1.82) is 0 Å². The van der Waals surface area contributed by atoms with Crippen LogP contribution >= 0.6 is 0 Å². The van der Waals surface area contributed by atoms with E-state index in [4.69, 9.17) is 4.74 Å². The lowest BCUT2D eigenvalue weighted by Gasteiger charge is -2.45. The third-order valence-electron chi connectivity index (χ3n) is 6.20. The van der Waals surface area contributed by atoms with Gasteiger partial charge in [-0.3, -0.25) is 4.90 Å². The van der Waals surface area contributed by atoms with Crippen LogP contribution in [-0.2, 0) is 0 Å². The molecule has 2 atom stereocenters. The largest absolute Gasteiger partial charge is 0.472 e. The van der Waals surface area contributed by atoms with Gasteiger partial charge in [-0.1, -0.05) is 0 Å². The predicted molar refractivity (Wildman–Crippen MR) is 99.2 cm³/mol. The van der Waals surface area contributed by atoms with Crippen LogP contribution in [0.3, 0.4) is 0 Å². The molecule has 3 saturated heterocycles. The van der Waals surface area contributed by atoms with E-state index in [1.807, 2.05) is 13.8 Å². The first-order valence-electron chi connectivity index (χ1n) is 9.80. The third kappa shape index (κ3) is 3.47. The van der Waals surface area contributed by atoms with Gasteiger partial charge in [-0.25, -0.2) is 9.97 Å². The highest BCUT2D eigenvalue weighted by atomic mass is 16.5. The maximum Gasteiger partial charge on any atom is 0.257 e. The SMILES string of the molecule is CC(C)Oc1nccnc1N1CCN(C2CC3CCC(C2)N3C)CC1. The summed E-state index contributed by atoms with van der Waals surface area (Å²) in [5.41, 5.74) is 0. The molecule has 0 amide bonds. The van der Waals surface area contributed by atoms with Crippen molar-refractivity contribution in [1.82, 2.24) is 19.8 Å². The number of ether oxygens (including phenoxy) is 1. The number of hydrogen-bond donors (Lipinski definition) is 0. The van der Waals surface area contributed by atoms with Crippen LogP contribution in [0.25, 0.3) is 0 Å². The molecule has 2 unspecified atom stereocenters. The summed E-state index contributed by atoms with van der Waals surface area (Å²) in [5, 5.41) is 0. The van der Waals surface area contributed by atoms with Crippen LogP contribution in [0.15, 0.2) is 12.4 Å². The van der Waals surface area contributed by atoms with Gasteiger partial charge in [0.1, 0.15) is 0 Å². The van der Waals surface area contributed by atoms with E-state index in [2.05, 4.69) is 31.7 Å². The lowest BCUT2D eigenvalue weighted by Crippen LogP contribution is -2.55. The molecule has 1 aromatic heterocycles. The average molecular weight is 345 g/mol. The Morgan fingerprint density at radius 2 is 1.60 bits per heavy atom. The van der Waals surface area contributed by atoms with Gasteiger partial charge >= 0.3 is 0 Å². The second-order valence-corrected chi connectivity index (χ2v) is 8.05. The van der Waals surface area contributed by atoms with Crippen molar-refractivity contribution < 1.29 is 4.74 Å². The predicted octanol–water partition coefficient (Wildman–Crippen LogP) is 2.01. The number of aromatic nitrogens is 2. The summed E-state index contributed by atoms with van der Waals surface area (Å²) in [6.07, 6.45) is 9.08. The van der Waals surface area contributed by atoms with Crippen LogP contribution in [-0.4, -0.2) is 77.2 Å². The van der Waals surface area contributed by atoms with Gasteiger partial charge in [0, 0.05) is 56.7 Å². The topological polar surface area (TPSA) is 44.7 Å². The highest BCUT2D eigenvalue weighted by Gasteiger charge is 2.40. The van der Waals surface area contributed by atoms with E-state index in [-0.39, 0.29) is 6.10 Å². The first-order valence-corrected chi connectivity index (χ1v) is 9.80. The summed E-state index contributed by atoms with van der Waals surface area (Å²) in [6.45, 7) is 8.32. The molecule has 0 N–H and O–H groups in total. The molecule has 3 aliphatic heterocycles. The Morgan fingerprint density at radius 3 is 2.24 bits per heavy atom. The van der Waals surface area contributed by atoms with E-state index in [0.717, 1.165) is 50.1 Å². The van der Waals surface area contributed by atoms with Crippen molar-refractivity contribution in [3.63, 3.8) is 0 Å². The Morgan fingerprint density at radius 1 is 0.960 bits per heavy atom. The van der Waals surface area contributed by atoms with Crippen molar-refractivity contribution in [2.45, 2.75) is 63.8 Å². The van der Waals surface area contributed by atoms with Gasteiger partial charge in [0.15, 0.2) is 5.82 Å². The monoisotopic (exact) mass is 345 g/mol. The lowest BCUT2D eigenvalue weighted by molar-refractivity contribution is 0.0717. The van der Waals surface area contributed by atoms with Crippen LogP contribution in [0, 0.1) is 0 Å². The number of rotatable bonds is 4. The fraction of sp³-hybridized carbons (Fsp3) is 0.789. The van der Waals surface area contributed by atoms with E-state index in [9.17, 15) is 0 Å². The minimum Gasteiger partial charge on any atom is -0.472 e. The number of piperazine rings is 1. The standard InChI is InChI=1S/C19H31N5O/c1-14(2)25-19-18(20-6-7-21-19)24-10-8-23(9-11-24)17-12-15-4-5-16(13-17)22(15)3/h6-7,14-17H,4-5,8-13H2,1-3H3. The van der Waals surface area contributed by atoms with E-state index in [0.29, 0.717) is 5.88 Å². The molecule has 25 heavy (non-hydrogen) atoms. The van der Waals surface area contributed by atoms with Gasteiger partial charge in [0.2, 0.25) is 0 Å². The minimum atomic E-state index is 0.117. The highest BCUT2D eigenvalue weighted by Crippen LogP contribution is 2.36. The minimum absolute atomic E-state index is 0.117. The summed E-state index contributed by atoms with van der Waals surface area (Å²) in [4.78, 5) is 16.6. The van der Waals surface area contributed by atoms with Crippen molar-refractivity contribution in [3.8, 4) is 5.88 Å². The van der Waals surface area contributed by atoms with Crippen LogP contribution in [0.1, 0.15) is 39.5 Å². The van der Waals surface area contributed by atoms with Gasteiger partial charge < -0.3 is 14.5 Å². The second-order valence-electron chi connectivity index (χ2n) is 8.05. The zero-order valence-corrected chi connectivity index (χ0v) is 15.8. The van der Waals surface area contributed by atoms with Gasteiger partial charge in [-0.2, -0.15) is 0 Å². The molecule has 0 aliphatic carbocycles. The molecule has 0 aromatic carbocycles. The summed E-state index contributed by atoms with van der Waals surface area (Å²) in [6, 6.07) is 2.39. The molecule has 4 heterocycles. The van der Waals surface area contributed by atoms with E-state index >= 15 is 0 Å². The first kappa shape index (κ1) is 17.0. The quantitative estimate of drug-likeness (QED) is 0.832. The fourth-order valence-corrected chi connectivity index (χ4v) is 4.82. The van der Waals surface area contributed by atoms with Crippen LogP contribution in [0.5, 0.6) is 5.88 Å². The Bertz CT molecular complexity index is 573. The Balaban J connectivity index is 1.38. The van der Waals surface area contributed by atoms with Gasteiger partial charge in [-0.15, -0.1) is 0 Å². The summed E-state index contributed by atoms with van der Waals surface area (Å²) < 4.78 is 5.86. The number of hydrogen-bond acceptors (Lipinski definition) is 6. The molecule has 2 bridgehead atoms. The zero-order valence-electron chi connectivity index (χ0n) is 15.8. The lowest BCUT2D eigenvalue weighted by atomic mass is 9.96. The molecule has 3 aliphatic rings. The van der Waals surface area contributed by atoms with Crippen molar-refractivity contribution >= 4 is 5.82 Å². The van der Waals surface area contributed by atoms with Crippen molar-refractivity contribution in [3.05, 3.63) is 12.4 Å². The number of fused-ring (bicyclic) bond motifs is 2. The number of piperidine rings is 1. The molecular weight excluding hydrogens is 314 g/mol. The Labute approximate surface area is 151 Å². The van der Waals surface area contributed by atoms with Gasteiger partial charge in [0.25, 0.3) is 5.88 Å². The molecule has 3 fully saturated rings. The summed E-state index contributed by atoms with van der Waals surface area (Å²) in [5.74, 6) is 1.57. The molecule has 1 aromatic rings. The van der Waals surface area contributed by atoms with Crippen LogP contribution in [0.4, 0.5) is 5.82 Å². The fourth-order valence-electron chi connectivity index (χ4n) is 4.82. The molecule has 0 radical (unpaired) electrons. The molecule has 6 heteroatoms. The maximum atomic E-state index is 5.86. The molecule has 4 rings (SSSR count). The van der Waals surface area contributed by atoms with Crippen LogP contribution in [0.2, 0.25) is 0 Å². The van der Waals surface area contributed by atoms with Gasteiger partial charge in [0.05, 0.1) is 6.10 Å². The summed E-state index contributed by atoms with van der Waals surface area (Å²) >= 11 is 0. The maximum absolute atomic E-state index is 5.86. The first-order chi connectivity index (χ1) is 12.1. The molecule has 6 nitrogen and oxygen atoms in total. The molecule has 0 saturated carbocycles. The number of nitrogens with zero attached hydrogens (tertiary/aromatic N) is 5. The van der Waals surface area contributed by atoms with E-state index < -0.39 is 0 Å². The van der Waals surface area contributed by atoms with Crippen molar-refractivity contribution in [2.75, 3.05) is 38.1 Å². The van der Waals surface area contributed by atoms with Crippen LogP contribution < -0.4 is 9.64 Å². The highest BCUT2D eigenvalue weighted by molar-refractivity contribution is 5.48. The summed E-state index contributed by atoms with van der Waals surface area (Å²) in [7, 11) is 2.32. The third-order valence-corrected chi connectivity index (χ3v) is 6.20. The van der Waals surface area contributed by atoms with E-state index in [1.54, 1.807) is 12.4 Å². The number of anilines is 1. The normalized spacial score (nSPS) is 30.9. The van der Waals surface area contributed by atoms with Crippen molar-refractivity contribution in [2.24, 2.45) is 0 Å². The second kappa shape index (κ2) is 7.08. The zero-order chi connectivity index (χ0) is 17.4. The molecular formula is C19H31N5O. The Hall–Kier alpha value is -1.40. The molecule has 138 valence electrons. The van der Waals surface area contributed by atoms with Gasteiger partial charge in [-0.05, 0) is 46.6 Å². The average Bonchev–Trinajstić information content (AvgIpc) is 2.83. The Kier molecular flexibility index (Phi) is 4.82. The molecule has 0 spiro atoms. The van der Waals surface area contributed by atoms with E-state index in [1.165, 1.54) is 25.7 Å². The smallest absolute Gasteiger partial charge is 0.257 e.